The number of hydrogen-bond donors (Lipinski definition) is 0. The van der Waals surface area contributed by atoms with E-state index in [1.807, 2.05) is 11.8 Å². The summed E-state index contributed by atoms with van der Waals surface area (Å²) in [6.07, 6.45) is 1.21. The predicted octanol–water partition coefficient (Wildman–Crippen LogP) is 4.68. The lowest BCUT2D eigenvalue weighted by Crippen LogP contribution is -2.11. The van der Waals surface area contributed by atoms with Crippen LogP contribution in [0.5, 0.6) is 0 Å². The van der Waals surface area contributed by atoms with Gasteiger partial charge in [0.2, 0.25) is 0 Å². The highest BCUT2D eigenvalue weighted by atomic mass is 35.5. The van der Waals surface area contributed by atoms with E-state index in [2.05, 4.69) is 44.2 Å². The van der Waals surface area contributed by atoms with Crippen molar-refractivity contribution in [3.05, 3.63) is 30.3 Å². The maximum absolute atomic E-state index is 5.94. The lowest BCUT2D eigenvalue weighted by Gasteiger charge is -2.17. The van der Waals surface area contributed by atoms with Crippen LogP contribution in [-0.2, 0) is 0 Å². The molecule has 0 aliphatic heterocycles. The van der Waals surface area contributed by atoms with E-state index in [1.165, 1.54) is 17.1 Å². The second-order valence-electron chi connectivity index (χ2n) is 4.11. The van der Waals surface area contributed by atoms with E-state index >= 15 is 0 Å². The fraction of sp³-hybridized carbons (Fsp3) is 0.538. The van der Waals surface area contributed by atoms with Crippen LogP contribution in [0.3, 0.4) is 0 Å². The monoisotopic (exact) mass is 242 g/mol. The third kappa shape index (κ3) is 4.94. The van der Waals surface area contributed by atoms with Crippen LogP contribution >= 0.6 is 23.4 Å². The summed E-state index contributed by atoms with van der Waals surface area (Å²) in [5.74, 6) is 3.30. The molecule has 0 heterocycles. The molecule has 0 nitrogen and oxygen atoms in total. The smallest absolute Gasteiger partial charge is 0.0254 e. The molecule has 0 bridgehead atoms. The van der Waals surface area contributed by atoms with Crippen LogP contribution in [0, 0.1) is 11.8 Å². The fourth-order valence-electron chi connectivity index (χ4n) is 1.43. The summed E-state index contributed by atoms with van der Waals surface area (Å²) in [6.45, 7) is 4.50. The molecule has 0 aromatic heterocycles. The summed E-state index contributed by atoms with van der Waals surface area (Å²) in [5, 5.41) is 0. The first-order chi connectivity index (χ1) is 7.24. The first-order valence-corrected chi connectivity index (χ1v) is 7.00. The van der Waals surface area contributed by atoms with Crippen LogP contribution in [0.25, 0.3) is 0 Å². The van der Waals surface area contributed by atoms with Gasteiger partial charge in [-0.1, -0.05) is 32.0 Å². The first kappa shape index (κ1) is 12.9. The van der Waals surface area contributed by atoms with E-state index in [4.69, 9.17) is 11.6 Å². The molecule has 84 valence electrons. The van der Waals surface area contributed by atoms with Gasteiger partial charge in [0.25, 0.3) is 0 Å². The normalized spacial score (nSPS) is 13.1. The standard InChI is InChI=1S/C13H19ClS/c1-11(2)12(10-14)8-9-15-13-6-4-3-5-7-13/h3-7,11-12H,8-10H2,1-2H3. The summed E-state index contributed by atoms with van der Waals surface area (Å²) in [5.41, 5.74) is 0. The van der Waals surface area contributed by atoms with Crippen molar-refractivity contribution < 1.29 is 0 Å². The molecule has 0 saturated heterocycles. The number of benzene rings is 1. The zero-order valence-corrected chi connectivity index (χ0v) is 11.0. The Kier molecular flexibility index (Phi) is 6.19. The number of thioether (sulfide) groups is 1. The van der Waals surface area contributed by atoms with E-state index in [0.717, 1.165) is 5.88 Å². The van der Waals surface area contributed by atoms with Gasteiger partial charge in [0.1, 0.15) is 0 Å². The Bertz CT molecular complexity index is 258. The molecule has 0 fully saturated rings. The van der Waals surface area contributed by atoms with E-state index in [9.17, 15) is 0 Å². The Morgan fingerprint density at radius 2 is 1.87 bits per heavy atom. The van der Waals surface area contributed by atoms with Gasteiger partial charge in [-0.15, -0.1) is 23.4 Å². The van der Waals surface area contributed by atoms with Gasteiger partial charge in [-0.25, -0.2) is 0 Å². The van der Waals surface area contributed by atoms with Gasteiger partial charge in [0.15, 0.2) is 0 Å². The molecule has 1 aromatic rings. The molecule has 1 aromatic carbocycles. The third-order valence-corrected chi connectivity index (χ3v) is 4.08. The summed E-state index contributed by atoms with van der Waals surface area (Å²) >= 11 is 7.86. The van der Waals surface area contributed by atoms with Crippen LogP contribution in [0.15, 0.2) is 35.2 Å². The van der Waals surface area contributed by atoms with E-state index < -0.39 is 0 Å². The molecule has 1 unspecified atom stereocenters. The molecule has 15 heavy (non-hydrogen) atoms. The van der Waals surface area contributed by atoms with Crippen molar-refractivity contribution in [2.75, 3.05) is 11.6 Å². The lowest BCUT2D eigenvalue weighted by molar-refractivity contribution is 0.415. The Morgan fingerprint density at radius 1 is 1.20 bits per heavy atom. The summed E-state index contributed by atoms with van der Waals surface area (Å²) in [7, 11) is 0. The minimum absolute atomic E-state index is 0.655. The van der Waals surface area contributed by atoms with Gasteiger partial charge in [-0.3, -0.25) is 0 Å². The zero-order chi connectivity index (χ0) is 11.1. The van der Waals surface area contributed by atoms with Crippen molar-refractivity contribution in [2.45, 2.75) is 25.2 Å². The quantitative estimate of drug-likeness (QED) is 0.516. The lowest BCUT2D eigenvalue weighted by atomic mass is 9.95. The second kappa shape index (κ2) is 7.19. The molecule has 1 rings (SSSR count). The molecule has 0 radical (unpaired) electrons. The van der Waals surface area contributed by atoms with E-state index in [1.54, 1.807) is 0 Å². The Labute approximate surface area is 102 Å². The van der Waals surface area contributed by atoms with Crippen molar-refractivity contribution in [3.8, 4) is 0 Å². The highest BCUT2D eigenvalue weighted by molar-refractivity contribution is 7.99. The highest BCUT2D eigenvalue weighted by Gasteiger charge is 2.11. The van der Waals surface area contributed by atoms with Crippen molar-refractivity contribution >= 4 is 23.4 Å². The van der Waals surface area contributed by atoms with Crippen LogP contribution in [-0.4, -0.2) is 11.6 Å². The van der Waals surface area contributed by atoms with Crippen molar-refractivity contribution in [1.82, 2.24) is 0 Å². The molecule has 0 N–H and O–H groups in total. The molecule has 1 atom stereocenters. The minimum atomic E-state index is 0.655. The zero-order valence-electron chi connectivity index (χ0n) is 9.45. The van der Waals surface area contributed by atoms with Crippen LogP contribution in [0.2, 0.25) is 0 Å². The molecule has 0 amide bonds. The second-order valence-corrected chi connectivity index (χ2v) is 5.59. The number of halogens is 1. The molecule has 2 heteroatoms. The van der Waals surface area contributed by atoms with Crippen LogP contribution in [0.1, 0.15) is 20.3 Å². The molecule has 0 aliphatic rings. The Balaban J connectivity index is 2.27. The molecule has 0 saturated carbocycles. The third-order valence-electron chi connectivity index (χ3n) is 2.64. The van der Waals surface area contributed by atoms with Gasteiger partial charge < -0.3 is 0 Å². The van der Waals surface area contributed by atoms with Crippen LogP contribution in [0.4, 0.5) is 0 Å². The van der Waals surface area contributed by atoms with Gasteiger partial charge in [0.05, 0.1) is 0 Å². The molecule has 0 spiro atoms. The Hall–Kier alpha value is -0.140. The van der Waals surface area contributed by atoms with Crippen molar-refractivity contribution in [3.63, 3.8) is 0 Å². The minimum Gasteiger partial charge on any atom is -0.126 e. The fourth-order valence-corrected chi connectivity index (χ4v) is 2.95. The van der Waals surface area contributed by atoms with Crippen molar-refractivity contribution in [2.24, 2.45) is 11.8 Å². The first-order valence-electron chi connectivity index (χ1n) is 5.48. The molecular weight excluding hydrogens is 224 g/mol. The Morgan fingerprint density at radius 3 is 2.40 bits per heavy atom. The van der Waals surface area contributed by atoms with Gasteiger partial charge in [0, 0.05) is 10.8 Å². The number of alkyl halides is 1. The van der Waals surface area contributed by atoms with Gasteiger partial charge in [-0.2, -0.15) is 0 Å². The molecule has 0 aliphatic carbocycles. The highest BCUT2D eigenvalue weighted by Crippen LogP contribution is 2.23. The summed E-state index contributed by atoms with van der Waals surface area (Å²) < 4.78 is 0. The van der Waals surface area contributed by atoms with Crippen molar-refractivity contribution in [1.29, 1.82) is 0 Å². The average Bonchev–Trinajstić information content (AvgIpc) is 2.25. The SMILES string of the molecule is CC(C)C(CCl)CCSc1ccccc1. The number of rotatable bonds is 6. The maximum Gasteiger partial charge on any atom is 0.0254 e. The van der Waals surface area contributed by atoms with Gasteiger partial charge in [-0.05, 0) is 36.1 Å². The topological polar surface area (TPSA) is 0 Å². The maximum atomic E-state index is 5.94. The number of hydrogen-bond acceptors (Lipinski definition) is 1. The van der Waals surface area contributed by atoms with E-state index in [0.29, 0.717) is 11.8 Å². The summed E-state index contributed by atoms with van der Waals surface area (Å²) in [4.78, 5) is 1.36. The molecular formula is C13H19ClS. The van der Waals surface area contributed by atoms with E-state index in [-0.39, 0.29) is 0 Å². The average molecular weight is 243 g/mol. The van der Waals surface area contributed by atoms with Gasteiger partial charge >= 0.3 is 0 Å². The largest absolute Gasteiger partial charge is 0.126 e. The predicted molar refractivity (Wildman–Crippen MR) is 70.8 cm³/mol. The van der Waals surface area contributed by atoms with Crippen LogP contribution < -0.4 is 0 Å². The summed E-state index contributed by atoms with van der Waals surface area (Å²) in [6, 6.07) is 10.6.